The average molecular weight is 450 g/mol. The van der Waals surface area contributed by atoms with Gasteiger partial charge in [0.05, 0.1) is 5.71 Å². The molecule has 1 aromatic carbocycles. The number of rotatable bonds is 5. The van der Waals surface area contributed by atoms with E-state index < -0.39 is 5.92 Å². The molecule has 1 fully saturated rings. The summed E-state index contributed by atoms with van der Waals surface area (Å²) in [6.45, 7) is 1.83. The molecule has 0 N–H and O–H groups in total. The Kier molecular flexibility index (Phi) is 5.61. The zero-order chi connectivity index (χ0) is 22.1. The molecule has 2 amide bonds. The first-order valence-corrected chi connectivity index (χ1v) is 11.2. The average Bonchev–Trinajstić information content (AvgIpc) is 3.28. The highest BCUT2D eigenvalue weighted by Crippen LogP contribution is 2.31. The van der Waals surface area contributed by atoms with Crippen LogP contribution in [0.25, 0.3) is 5.57 Å². The van der Waals surface area contributed by atoms with Gasteiger partial charge in [0, 0.05) is 32.1 Å². The minimum Gasteiger partial charge on any atom is -0.454 e. The summed E-state index contributed by atoms with van der Waals surface area (Å²) in [4.78, 5) is 33.5. The molecule has 1 unspecified atom stereocenters. The molecule has 8 heteroatoms. The summed E-state index contributed by atoms with van der Waals surface area (Å²) in [6.07, 6.45) is 7.32. The number of aliphatic imine (C=N–C) groups is 1. The van der Waals surface area contributed by atoms with Crippen LogP contribution in [0.15, 0.2) is 65.1 Å². The van der Waals surface area contributed by atoms with Crippen molar-refractivity contribution in [2.45, 2.75) is 19.3 Å². The van der Waals surface area contributed by atoms with Crippen molar-refractivity contribution in [3.63, 3.8) is 0 Å². The predicted octanol–water partition coefficient (Wildman–Crippen LogP) is 3.05. The van der Waals surface area contributed by atoms with Gasteiger partial charge in [0.2, 0.25) is 23.7 Å². The summed E-state index contributed by atoms with van der Waals surface area (Å²) < 4.78 is 10.7. The predicted molar refractivity (Wildman–Crippen MR) is 123 cm³/mol. The van der Waals surface area contributed by atoms with Crippen LogP contribution in [0, 0.1) is 5.92 Å². The Hall–Kier alpha value is -3.26. The molecule has 1 aromatic rings. The lowest BCUT2D eigenvalue weighted by molar-refractivity contribution is -0.132. The third-order valence-corrected chi connectivity index (χ3v) is 6.37. The van der Waals surface area contributed by atoms with Gasteiger partial charge in [-0.3, -0.25) is 14.5 Å². The summed E-state index contributed by atoms with van der Waals surface area (Å²) >= 11 is 5.35. The number of allylic oxidation sites excluding steroid dienone is 1. The van der Waals surface area contributed by atoms with E-state index in [0.717, 1.165) is 6.42 Å². The number of hydrogen-bond donors (Lipinski definition) is 0. The van der Waals surface area contributed by atoms with E-state index in [4.69, 9.17) is 21.7 Å². The first kappa shape index (κ1) is 20.6. The van der Waals surface area contributed by atoms with Gasteiger partial charge in [-0.25, -0.2) is 4.99 Å². The Labute approximate surface area is 191 Å². The topological polar surface area (TPSA) is 71.4 Å². The number of nitrogens with zero attached hydrogens (tertiary/aromatic N) is 3. The Morgan fingerprint density at radius 2 is 2.00 bits per heavy atom. The van der Waals surface area contributed by atoms with Gasteiger partial charge in [-0.1, -0.05) is 36.4 Å². The van der Waals surface area contributed by atoms with Gasteiger partial charge in [0.1, 0.15) is 5.92 Å². The normalized spacial score (nSPS) is 22.1. The van der Waals surface area contributed by atoms with Gasteiger partial charge in [-0.2, -0.15) is 0 Å². The van der Waals surface area contributed by atoms with E-state index in [0.29, 0.717) is 49.7 Å². The molecule has 7 nitrogen and oxygen atoms in total. The van der Waals surface area contributed by atoms with Crippen LogP contribution in [-0.4, -0.2) is 58.9 Å². The van der Waals surface area contributed by atoms with Crippen molar-refractivity contribution in [3.05, 3.63) is 65.6 Å². The van der Waals surface area contributed by atoms with E-state index in [2.05, 4.69) is 23.2 Å². The molecule has 0 spiro atoms. The summed E-state index contributed by atoms with van der Waals surface area (Å²) in [5.74, 6) is 0.580. The highest BCUT2D eigenvalue weighted by atomic mass is 32.1. The summed E-state index contributed by atoms with van der Waals surface area (Å²) in [5, 5.41) is 0.231. The van der Waals surface area contributed by atoms with Crippen molar-refractivity contribution in [1.29, 1.82) is 0 Å². The number of benzene rings is 1. The van der Waals surface area contributed by atoms with Gasteiger partial charge < -0.3 is 14.4 Å². The van der Waals surface area contributed by atoms with Gasteiger partial charge in [0.25, 0.3) is 0 Å². The van der Waals surface area contributed by atoms with E-state index in [-0.39, 0.29) is 23.7 Å². The molecule has 5 rings (SSSR count). The lowest BCUT2D eigenvalue weighted by Gasteiger charge is -2.31. The molecular weight excluding hydrogens is 426 g/mol. The van der Waals surface area contributed by atoms with Crippen LogP contribution in [0.4, 0.5) is 0 Å². The lowest BCUT2D eigenvalue weighted by Crippen LogP contribution is -2.47. The smallest absolute Gasteiger partial charge is 0.241 e. The van der Waals surface area contributed by atoms with Gasteiger partial charge >= 0.3 is 0 Å². The minimum atomic E-state index is -0.526. The van der Waals surface area contributed by atoms with E-state index in [1.807, 2.05) is 23.1 Å². The van der Waals surface area contributed by atoms with Crippen LogP contribution in [0.5, 0.6) is 0 Å². The number of hydrogen-bond acceptors (Lipinski definition) is 5. The zero-order valence-electron chi connectivity index (χ0n) is 17.5. The highest BCUT2D eigenvalue weighted by molar-refractivity contribution is 7.80. The maximum absolute atomic E-state index is 13.0. The molecule has 164 valence electrons. The van der Waals surface area contributed by atoms with Crippen LogP contribution in [0.1, 0.15) is 24.8 Å². The quantitative estimate of drug-likeness (QED) is 0.646. The summed E-state index contributed by atoms with van der Waals surface area (Å²) in [5.41, 5.74) is 3.07. The maximum atomic E-state index is 13.0. The number of fused-ring (bicyclic) bond motifs is 2. The van der Waals surface area contributed by atoms with Crippen LogP contribution in [0.3, 0.4) is 0 Å². The second-order valence-electron chi connectivity index (χ2n) is 8.02. The van der Waals surface area contributed by atoms with E-state index in [1.165, 1.54) is 16.0 Å². The van der Waals surface area contributed by atoms with E-state index in [1.54, 1.807) is 12.2 Å². The fraction of sp³-hybridized carbons (Fsp3) is 0.333. The Morgan fingerprint density at radius 3 is 2.78 bits per heavy atom. The van der Waals surface area contributed by atoms with E-state index >= 15 is 0 Å². The molecule has 0 aromatic heterocycles. The number of carbonyl (C=O) groups is 2. The van der Waals surface area contributed by atoms with Gasteiger partial charge in [-0.15, -0.1) is 0 Å². The first-order chi connectivity index (χ1) is 15.6. The lowest BCUT2D eigenvalue weighted by atomic mass is 9.93. The largest absolute Gasteiger partial charge is 0.454 e. The fourth-order valence-electron chi connectivity index (χ4n) is 4.30. The van der Waals surface area contributed by atoms with Crippen LogP contribution in [0.2, 0.25) is 0 Å². The van der Waals surface area contributed by atoms with Crippen molar-refractivity contribution in [1.82, 2.24) is 9.80 Å². The molecule has 0 radical (unpaired) electrons. The third kappa shape index (κ3) is 3.98. The number of ether oxygens (including phenoxy) is 2. The van der Waals surface area contributed by atoms with Crippen molar-refractivity contribution in [2.24, 2.45) is 10.9 Å². The number of carbonyl (C=O) groups excluding carboxylic acids is 2. The van der Waals surface area contributed by atoms with Crippen LogP contribution < -0.4 is 0 Å². The molecule has 4 aliphatic rings. The molecule has 3 aliphatic heterocycles. The second-order valence-corrected chi connectivity index (χ2v) is 8.39. The highest BCUT2D eigenvalue weighted by Gasteiger charge is 2.38. The minimum absolute atomic E-state index is 0.0943. The fourth-order valence-corrected chi connectivity index (χ4v) is 4.58. The number of amides is 2. The van der Waals surface area contributed by atoms with Crippen LogP contribution in [-0.2, 0) is 19.1 Å². The van der Waals surface area contributed by atoms with E-state index in [9.17, 15) is 9.59 Å². The maximum Gasteiger partial charge on any atom is 0.241 e. The Bertz CT molecular complexity index is 1090. The SMILES string of the molecule is O=C(CCCN1C(=O)C2C=C3OCOC3=CC2=NC1=S)N1CC=C(c2ccccc2)CC1. The Morgan fingerprint density at radius 1 is 1.19 bits per heavy atom. The zero-order valence-corrected chi connectivity index (χ0v) is 18.3. The summed E-state index contributed by atoms with van der Waals surface area (Å²) in [7, 11) is 0. The first-order valence-electron chi connectivity index (χ1n) is 10.8. The Balaban J connectivity index is 1.15. The third-order valence-electron chi connectivity index (χ3n) is 6.05. The van der Waals surface area contributed by atoms with Crippen molar-refractivity contribution < 1.29 is 19.1 Å². The van der Waals surface area contributed by atoms with Gasteiger partial charge in [-0.05, 0) is 42.3 Å². The molecule has 0 saturated carbocycles. The standard InChI is InChI=1S/C24H23N3O4S/c28-22(26-11-8-17(9-12-26)16-5-2-1-3-6-16)7-4-10-27-23(29)18-13-20-21(31-15-30-20)14-19(18)25-24(27)32/h1-3,5-6,8,13-14,18H,4,7,9-12,15H2. The van der Waals surface area contributed by atoms with Crippen LogP contribution >= 0.6 is 12.2 Å². The molecule has 1 atom stereocenters. The molecule has 32 heavy (non-hydrogen) atoms. The molecule has 0 bridgehead atoms. The van der Waals surface area contributed by atoms with Crippen molar-refractivity contribution >= 4 is 40.4 Å². The monoisotopic (exact) mass is 449 g/mol. The van der Waals surface area contributed by atoms with Crippen molar-refractivity contribution in [3.8, 4) is 0 Å². The molecular formula is C24H23N3O4S. The van der Waals surface area contributed by atoms with Crippen molar-refractivity contribution in [2.75, 3.05) is 26.4 Å². The van der Waals surface area contributed by atoms with Gasteiger partial charge in [0.15, 0.2) is 11.5 Å². The molecule has 3 heterocycles. The number of thiocarbonyl (C=S) groups is 1. The second kappa shape index (κ2) is 8.70. The molecule has 1 aliphatic carbocycles. The summed E-state index contributed by atoms with van der Waals surface area (Å²) in [6, 6.07) is 10.3. The molecule has 1 saturated heterocycles.